The van der Waals surface area contributed by atoms with Crippen LogP contribution in [0.15, 0.2) is 24.4 Å². The van der Waals surface area contributed by atoms with Crippen molar-refractivity contribution in [1.29, 1.82) is 0 Å². The number of primary sulfonamides is 1. The molecule has 6 heteroatoms. The summed E-state index contributed by atoms with van der Waals surface area (Å²) >= 11 is 0. The van der Waals surface area contributed by atoms with Crippen LogP contribution in [0.2, 0.25) is 0 Å². The fourth-order valence-electron chi connectivity index (χ4n) is 0.789. The third kappa shape index (κ3) is 4.44. The lowest BCUT2D eigenvalue weighted by molar-refractivity contribution is 0.598. The maximum atomic E-state index is 10.5. The molecule has 1 rings (SSSR count). The minimum Gasteiger partial charge on any atom is -0.369 e. The Balaban J connectivity index is 2.37. The van der Waals surface area contributed by atoms with Crippen molar-refractivity contribution in [2.75, 3.05) is 17.6 Å². The van der Waals surface area contributed by atoms with Crippen molar-refractivity contribution in [3.63, 3.8) is 0 Å². The third-order valence-electron chi connectivity index (χ3n) is 1.36. The first-order valence-electron chi connectivity index (χ1n) is 3.73. The molecule has 0 fully saturated rings. The normalized spacial score (nSPS) is 11.2. The second-order valence-corrected chi connectivity index (χ2v) is 4.24. The van der Waals surface area contributed by atoms with Crippen LogP contribution in [0.25, 0.3) is 0 Å². The summed E-state index contributed by atoms with van der Waals surface area (Å²) in [5.41, 5.74) is 0. The molecule has 72 valence electrons. The van der Waals surface area contributed by atoms with Gasteiger partial charge in [0, 0.05) is 12.7 Å². The van der Waals surface area contributed by atoms with Crippen LogP contribution in [0, 0.1) is 0 Å². The van der Waals surface area contributed by atoms with Gasteiger partial charge in [-0.15, -0.1) is 0 Å². The second-order valence-electron chi connectivity index (χ2n) is 2.51. The molecule has 13 heavy (non-hydrogen) atoms. The number of anilines is 1. The SMILES string of the molecule is NS(=O)(=O)CCNc1ccccn1. The van der Waals surface area contributed by atoms with Crippen molar-refractivity contribution in [2.45, 2.75) is 0 Å². The van der Waals surface area contributed by atoms with Gasteiger partial charge in [0.2, 0.25) is 10.0 Å². The second kappa shape index (κ2) is 4.20. The summed E-state index contributed by atoms with van der Waals surface area (Å²) in [5.74, 6) is 0.551. The first-order chi connectivity index (χ1) is 6.08. The Morgan fingerprint density at radius 3 is 2.77 bits per heavy atom. The lowest BCUT2D eigenvalue weighted by Gasteiger charge is -2.02. The Bertz CT molecular complexity index is 349. The van der Waals surface area contributed by atoms with Crippen LogP contribution in [0.4, 0.5) is 5.82 Å². The van der Waals surface area contributed by atoms with E-state index in [-0.39, 0.29) is 12.3 Å². The molecule has 1 aromatic heterocycles. The fourth-order valence-corrected chi connectivity index (χ4v) is 1.18. The number of aromatic nitrogens is 1. The molecule has 0 atom stereocenters. The number of pyridine rings is 1. The van der Waals surface area contributed by atoms with E-state index < -0.39 is 10.0 Å². The van der Waals surface area contributed by atoms with Crippen LogP contribution < -0.4 is 10.5 Å². The molecule has 0 saturated carbocycles. The molecule has 1 aromatic rings. The van der Waals surface area contributed by atoms with Gasteiger partial charge in [-0.25, -0.2) is 18.5 Å². The summed E-state index contributed by atoms with van der Waals surface area (Å²) < 4.78 is 21.1. The van der Waals surface area contributed by atoms with E-state index in [0.29, 0.717) is 5.82 Å². The van der Waals surface area contributed by atoms with E-state index in [9.17, 15) is 8.42 Å². The molecule has 5 nitrogen and oxygen atoms in total. The molecule has 0 aliphatic carbocycles. The molecular formula is C7H11N3O2S. The van der Waals surface area contributed by atoms with E-state index in [1.807, 2.05) is 6.07 Å². The maximum Gasteiger partial charge on any atom is 0.210 e. The third-order valence-corrected chi connectivity index (χ3v) is 2.13. The highest BCUT2D eigenvalue weighted by molar-refractivity contribution is 7.89. The molecule has 1 heterocycles. The van der Waals surface area contributed by atoms with Crippen LogP contribution >= 0.6 is 0 Å². The highest BCUT2D eigenvalue weighted by atomic mass is 32.2. The van der Waals surface area contributed by atoms with Crippen molar-refractivity contribution in [3.05, 3.63) is 24.4 Å². The van der Waals surface area contributed by atoms with E-state index in [1.54, 1.807) is 18.3 Å². The topological polar surface area (TPSA) is 85.1 Å². The van der Waals surface area contributed by atoms with Crippen molar-refractivity contribution in [1.82, 2.24) is 4.98 Å². The van der Waals surface area contributed by atoms with Gasteiger partial charge in [-0.2, -0.15) is 0 Å². The van der Waals surface area contributed by atoms with Crippen LogP contribution in [-0.2, 0) is 10.0 Å². The minimum absolute atomic E-state index is 0.0937. The standard InChI is InChI=1S/C7H11N3O2S/c8-13(11,12)6-5-10-7-3-1-2-4-9-7/h1-4H,5-6H2,(H,9,10)(H2,8,11,12). The summed E-state index contributed by atoms with van der Waals surface area (Å²) in [5, 5.41) is 7.64. The Labute approximate surface area is 77.0 Å². The first kappa shape index (κ1) is 9.94. The van der Waals surface area contributed by atoms with Gasteiger partial charge in [0.25, 0.3) is 0 Å². The monoisotopic (exact) mass is 201 g/mol. The highest BCUT2D eigenvalue weighted by Crippen LogP contribution is 1.98. The zero-order valence-corrected chi connectivity index (χ0v) is 7.79. The molecule has 0 radical (unpaired) electrons. The summed E-state index contributed by atoms with van der Waals surface area (Å²) in [4.78, 5) is 3.95. The smallest absolute Gasteiger partial charge is 0.210 e. The molecule has 0 amide bonds. The number of nitrogens with one attached hydrogen (secondary N) is 1. The lowest BCUT2D eigenvalue weighted by atomic mass is 10.4. The highest BCUT2D eigenvalue weighted by Gasteiger charge is 2.01. The van der Waals surface area contributed by atoms with Crippen molar-refractivity contribution in [3.8, 4) is 0 Å². The molecule has 0 aromatic carbocycles. The Morgan fingerprint density at radius 1 is 1.46 bits per heavy atom. The Morgan fingerprint density at radius 2 is 2.23 bits per heavy atom. The van der Waals surface area contributed by atoms with Crippen molar-refractivity contribution in [2.24, 2.45) is 5.14 Å². The zero-order valence-electron chi connectivity index (χ0n) is 6.97. The van der Waals surface area contributed by atoms with E-state index in [1.165, 1.54) is 0 Å². The lowest BCUT2D eigenvalue weighted by Crippen LogP contribution is -2.22. The summed E-state index contributed by atoms with van der Waals surface area (Å²) in [6.07, 6.45) is 1.62. The van der Waals surface area contributed by atoms with Crippen molar-refractivity contribution < 1.29 is 8.42 Å². The summed E-state index contributed by atoms with van der Waals surface area (Å²) in [6, 6.07) is 5.35. The molecule has 0 saturated heterocycles. The van der Waals surface area contributed by atoms with Crippen LogP contribution in [-0.4, -0.2) is 25.7 Å². The van der Waals surface area contributed by atoms with Gasteiger partial charge < -0.3 is 5.32 Å². The van der Waals surface area contributed by atoms with E-state index in [4.69, 9.17) is 5.14 Å². The van der Waals surface area contributed by atoms with Gasteiger partial charge in [0.1, 0.15) is 5.82 Å². The Hall–Kier alpha value is -1.14. The molecule has 3 N–H and O–H groups in total. The maximum absolute atomic E-state index is 10.5. The predicted octanol–water partition coefficient (Wildman–Crippen LogP) is -0.218. The summed E-state index contributed by atoms with van der Waals surface area (Å²) in [7, 11) is -3.38. The fraction of sp³-hybridized carbons (Fsp3) is 0.286. The molecule has 0 aliphatic rings. The number of hydrogen-bond donors (Lipinski definition) is 2. The number of nitrogens with two attached hydrogens (primary N) is 1. The predicted molar refractivity (Wildman–Crippen MR) is 50.7 cm³/mol. The van der Waals surface area contributed by atoms with Gasteiger partial charge in [-0.3, -0.25) is 0 Å². The van der Waals surface area contributed by atoms with Gasteiger partial charge in [0.15, 0.2) is 0 Å². The zero-order chi connectivity index (χ0) is 9.73. The average molecular weight is 201 g/mol. The van der Waals surface area contributed by atoms with Crippen molar-refractivity contribution >= 4 is 15.8 Å². The van der Waals surface area contributed by atoms with Gasteiger partial charge >= 0.3 is 0 Å². The van der Waals surface area contributed by atoms with E-state index >= 15 is 0 Å². The molecule has 0 spiro atoms. The number of rotatable bonds is 4. The number of hydrogen-bond acceptors (Lipinski definition) is 4. The number of nitrogens with zero attached hydrogens (tertiary/aromatic N) is 1. The molecule has 0 bridgehead atoms. The summed E-state index contributed by atoms with van der Waals surface area (Å²) in [6.45, 7) is 0.274. The van der Waals surface area contributed by atoms with Gasteiger partial charge in [0.05, 0.1) is 5.75 Å². The first-order valence-corrected chi connectivity index (χ1v) is 5.45. The minimum atomic E-state index is -3.38. The number of sulfonamides is 1. The quantitative estimate of drug-likeness (QED) is 0.705. The van der Waals surface area contributed by atoms with Crippen LogP contribution in [0.5, 0.6) is 0 Å². The van der Waals surface area contributed by atoms with Gasteiger partial charge in [-0.05, 0) is 12.1 Å². The van der Waals surface area contributed by atoms with Crippen LogP contribution in [0.3, 0.4) is 0 Å². The molecule has 0 unspecified atom stereocenters. The largest absolute Gasteiger partial charge is 0.369 e. The molecular weight excluding hydrogens is 190 g/mol. The Kier molecular flexibility index (Phi) is 3.21. The molecule has 0 aliphatic heterocycles. The van der Waals surface area contributed by atoms with E-state index in [2.05, 4.69) is 10.3 Å². The average Bonchev–Trinajstić information content (AvgIpc) is 2.04. The van der Waals surface area contributed by atoms with Crippen LogP contribution in [0.1, 0.15) is 0 Å². The van der Waals surface area contributed by atoms with Gasteiger partial charge in [-0.1, -0.05) is 6.07 Å². The van der Waals surface area contributed by atoms with E-state index in [0.717, 1.165) is 0 Å².